The fourth-order valence-electron chi connectivity index (χ4n) is 2.78. The van der Waals surface area contributed by atoms with Gasteiger partial charge in [-0.25, -0.2) is 17.8 Å². The Hall–Kier alpha value is -3.02. The van der Waals surface area contributed by atoms with Crippen LogP contribution in [-0.2, 0) is 14.8 Å². The molecule has 0 saturated carbocycles. The Labute approximate surface area is 165 Å². The van der Waals surface area contributed by atoms with Crippen molar-refractivity contribution in [3.8, 4) is 5.75 Å². The maximum Gasteiger partial charge on any atom is 0.333 e. The first kappa shape index (κ1) is 20.7. The van der Waals surface area contributed by atoms with E-state index in [2.05, 4.69) is 10.4 Å². The molecule has 3 rings (SSSR count). The van der Waals surface area contributed by atoms with E-state index < -0.39 is 34.3 Å². The maximum absolute atomic E-state index is 12.7. The van der Waals surface area contributed by atoms with Crippen LogP contribution in [0, 0.1) is 12.8 Å². The van der Waals surface area contributed by atoms with E-state index in [-0.39, 0.29) is 32.7 Å². The molecule has 2 N–H and O–H groups in total. The molecule has 0 fully saturated rings. The number of aromatic nitrogens is 2. The molecule has 9 nitrogen and oxygen atoms in total. The lowest BCUT2D eigenvalue weighted by atomic mass is 10.0. The van der Waals surface area contributed by atoms with Crippen molar-refractivity contribution in [3.63, 3.8) is 0 Å². The summed E-state index contributed by atoms with van der Waals surface area (Å²) in [5.41, 5.74) is 0.0762. The second-order valence-electron chi connectivity index (χ2n) is 6.78. The van der Waals surface area contributed by atoms with Gasteiger partial charge in [0.15, 0.2) is 11.8 Å². The number of fused-ring (bicyclic) bond motifs is 1. The van der Waals surface area contributed by atoms with E-state index in [1.54, 1.807) is 18.6 Å². The van der Waals surface area contributed by atoms with Crippen molar-refractivity contribution in [3.05, 3.63) is 35.7 Å². The minimum absolute atomic E-state index is 0.142. The summed E-state index contributed by atoms with van der Waals surface area (Å²) >= 11 is 0. The van der Waals surface area contributed by atoms with Crippen molar-refractivity contribution < 1.29 is 31.5 Å². The van der Waals surface area contributed by atoms with Gasteiger partial charge in [-0.05, 0) is 30.5 Å². The number of amides is 2. The normalized spacial score (nSPS) is 16.4. The van der Waals surface area contributed by atoms with Gasteiger partial charge < -0.3 is 10.1 Å². The zero-order chi connectivity index (χ0) is 21.5. The highest BCUT2D eigenvalue weighted by Crippen LogP contribution is 2.35. The number of hydrogen-bond acceptors (Lipinski definition) is 6. The van der Waals surface area contributed by atoms with E-state index in [0.717, 1.165) is 12.3 Å². The van der Waals surface area contributed by atoms with E-state index in [4.69, 9.17) is 4.74 Å². The number of nitrogens with zero attached hydrogens (tertiary/aromatic N) is 2. The van der Waals surface area contributed by atoms with Crippen molar-refractivity contribution in [2.45, 2.75) is 38.3 Å². The van der Waals surface area contributed by atoms with Gasteiger partial charge in [0.05, 0.1) is 10.6 Å². The van der Waals surface area contributed by atoms with Crippen LogP contribution in [0.5, 0.6) is 5.75 Å². The second kappa shape index (κ2) is 7.43. The quantitative estimate of drug-likeness (QED) is 0.752. The summed E-state index contributed by atoms with van der Waals surface area (Å²) in [5.74, 6) is -1.51. The molecule has 1 aliphatic heterocycles. The summed E-state index contributed by atoms with van der Waals surface area (Å²) in [4.78, 5) is 24.0. The SMILES string of the molecule is Cc1cc2c(cc1S(=O)(=O)NC(=O)c1ccn(C(F)F)n1)OC(C(C)C)C(=O)N2. The van der Waals surface area contributed by atoms with Crippen LogP contribution >= 0.6 is 0 Å². The third-order valence-electron chi connectivity index (χ3n) is 4.21. The minimum Gasteiger partial charge on any atom is -0.478 e. The molecule has 0 spiro atoms. The number of benzene rings is 1. The van der Waals surface area contributed by atoms with Crippen molar-refractivity contribution in [1.82, 2.24) is 14.5 Å². The number of ether oxygens (including phenoxy) is 1. The molecule has 2 amide bonds. The Morgan fingerprint density at radius 1 is 1.34 bits per heavy atom. The van der Waals surface area contributed by atoms with Gasteiger partial charge in [-0.3, -0.25) is 9.59 Å². The zero-order valence-electron chi connectivity index (χ0n) is 15.6. The molecule has 2 aromatic rings. The molecule has 0 bridgehead atoms. The van der Waals surface area contributed by atoms with Gasteiger partial charge in [-0.15, -0.1) is 0 Å². The Morgan fingerprint density at radius 2 is 2.03 bits per heavy atom. The van der Waals surface area contributed by atoms with Gasteiger partial charge in [0, 0.05) is 12.3 Å². The lowest BCUT2D eigenvalue weighted by Gasteiger charge is -2.29. The molecular formula is C17H18F2N4O5S. The standard InChI is InChI=1S/C17H18F2N4O5S/c1-8(2)14-16(25)20-11-6-9(3)13(7-12(11)28-14)29(26,27)22-15(24)10-4-5-23(21-10)17(18)19/h4-8,14,17H,1-3H3,(H,20,25)(H,22,24). The van der Waals surface area contributed by atoms with Gasteiger partial charge in [-0.2, -0.15) is 13.9 Å². The largest absolute Gasteiger partial charge is 0.478 e. The molecule has 12 heteroatoms. The number of rotatable bonds is 5. The van der Waals surface area contributed by atoms with Crippen molar-refractivity contribution in [1.29, 1.82) is 0 Å². The van der Waals surface area contributed by atoms with Crippen LogP contribution in [0.3, 0.4) is 0 Å². The highest BCUT2D eigenvalue weighted by Gasteiger charge is 2.32. The first-order valence-corrected chi connectivity index (χ1v) is 10.0. The predicted octanol–water partition coefficient (Wildman–Crippen LogP) is 2.06. The number of anilines is 1. The highest BCUT2D eigenvalue weighted by atomic mass is 32.2. The van der Waals surface area contributed by atoms with Crippen molar-refractivity contribution in [2.24, 2.45) is 5.92 Å². The molecular weight excluding hydrogens is 410 g/mol. The number of aryl methyl sites for hydroxylation is 1. The number of carbonyl (C=O) groups excluding carboxylic acids is 2. The first-order valence-electron chi connectivity index (χ1n) is 8.52. The van der Waals surface area contributed by atoms with E-state index in [1.807, 2.05) is 0 Å². The van der Waals surface area contributed by atoms with Crippen LogP contribution in [0.15, 0.2) is 29.3 Å². The summed E-state index contributed by atoms with van der Waals surface area (Å²) in [7, 11) is -4.36. The van der Waals surface area contributed by atoms with E-state index in [0.29, 0.717) is 5.69 Å². The molecule has 29 heavy (non-hydrogen) atoms. The van der Waals surface area contributed by atoms with Crippen LogP contribution in [0.1, 0.15) is 36.4 Å². The van der Waals surface area contributed by atoms with Crippen LogP contribution in [0.4, 0.5) is 14.5 Å². The second-order valence-corrected chi connectivity index (χ2v) is 8.43. The van der Waals surface area contributed by atoms with Crippen molar-refractivity contribution >= 4 is 27.5 Å². The molecule has 1 aromatic carbocycles. The predicted molar refractivity (Wildman–Crippen MR) is 97.2 cm³/mol. The summed E-state index contributed by atoms with van der Waals surface area (Å²) in [6, 6.07) is 3.59. The topological polar surface area (TPSA) is 119 Å². The minimum atomic E-state index is -4.36. The Bertz CT molecular complexity index is 1080. The Morgan fingerprint density at radius 3 is 2.62 bits per heavy atom. The molecule has 2 heterocycles. The number of nitrogens with one attached hydrogen (secondary N) is 2. The van der Waals surface area contributed by atoms with Gasteiger partial charge in [0.25, 0.3) is 21.8 Å². The molecule has 1 aromatic heterocycles. The Balaban J connectivity index is 1.90. The summed E-state index contributed by atoms with van der Waals surface area (Å²) in [6.07, 6.45) is 0.0625. The van der Waals surface area contributed by atoms with Gasteiger partial charge in [-0.1, -0.05) is 13.8 Å². The lowest BCUT2D eigenvalue weighted by Crippen LogP contribution is -2.40. The van der Waals surface area contributed by atoms with Gasteiger partial charge in [0.1, 0.15) is 5.75 Å². The lowest BCUT2D eigenvalue weighted by molar-refractivity contribution is -0.125. The highest BCUT2D eigenvalue weighted by molar-refractivity contribution is 7.90. The number of carbonyl (C=O) groups is 2. The number of hydrogen-bond donors (Lipinski definition) is 2. The average molecular weight is 428 g/mol. The van der Waals surface area contributed by atoms with Crippen LogP contribution < -0.4 is 14.8 Å². The zero-order valence-corrected chi connectivity index (χ0v) is 16.5. The molecule has 1 atom stereocenters. The third-order valence-corrected chi connectivity index (χ3v) is 5.68. The fourth-order valence-corrected chi connectivity index (χ4v) is 3.99. The number of alkyl halides is 2. The number of halogens is 2. The molecule has 0 saturated heterocycles. The third kappa shape index (κ3) is 4.06. The van der Waals surface area contributed by atoms with Crippen LogP contribution in [-0.4, -0.2) is 36.1 Å². The van der Waals surface area contributed by atoms with Crippen molar-refractivity contribution in [2.75, 3.05) is 5.32 Å². The summed E-state index contributed by atoms with van der Waals surface area (Å²) < 4.78 is 58.2. The molecule has 156 valence electrons. The average Bonchev–Trinajstić information content (AvgIpc) is 3.10. The molecule has 1 aliphatic rings. The van der Waals surface area contributed by atoms with Gasteiger partial charge in [0.2, 0.25) is 0 Å². The Kier molecular flexibility index (Phi) is 5.30. The maximum atomic E-state index is 12.7. The van der Waals surface area contributed by atoms with E-state index in [9.17, 15) is 26.8 Å². The monoisotopic (exact) mass is 428 g/mol. The number of sulfonamides is 1. The van der Waals surface area contributed by atoms with E-state index in [1.165, 1.54) is 19.1 Å². The summed E-state index contributed by atoms with van der Waals surface area (Å²) in [5, 5.41) is 6.00. The van der Waals surface area contributed by atoms with Crippen LogP contribution in [0.2, 0.25) is 0 Å². The van der Waals surface area contributed by atoms with Gasteiger partial charge >= 0.3 is 6.55 Å². The first-order chi connectivity index (χ1) is 13.5. The smallest absolute Gasteiger partial charge is 0.333 e. The molecule has 1 unspecified atom stereocenters. The summed E-state index contributed by atoms with van der Waals surface area (Å²) in [6.45, 7) is 2.07. The molecule has 0 aliphatic carbocycles. The van der Waals surface area contributed by atoms with Crippen LogP contribution in [0.25, 0.3) is 0 Å². The fraction of sp³-hybridized carbons (Fsp3) is 0.353. The molecule has 0 radical (unpaired) electrons. The van der Waals surface area contributed by atoms with E-state index >= 15 is 0 Å².